The summed E-state index contributed by atoms with van der Waals surface area (Å²) in [4.78, 5) is 46.8. The van der Waals surface area contributed by atoms with Crippen LogP contribution in [0, 0.1) is 0 Å². The Hall–Kier alpha value is -0.660. The Morgan fingerprint density at radius 1 is 0.926 bits per heavy atom. The van der Waals surface area contributed by atoms with E-state index in [9.17, 15) is 19.2 Å². The van der Waals surface area contributed by atoms with E-state index in [4.69, 9.17) is 4.74 Å². The van der Waals surface area contributed by atoms with Crippen LogP contribution in [0.2, 0.25) is 0 Å². The Morgan fingerprint density at radius 2 is 1.52 bits per heavy atom. The van der Waals surface area contributed by atoms with Gasteiger partial charge in [-0.3, -0.25) is 19.2 Å². The molecule has 8 nitrogen and oxygen atoms in total. The number of nitrogens with one attached hydrogen (secondary N) is 3. The lowest BCUT2D eigenvalue weighted by Crippen LogP contribution is -2.47. The molecule has 0 fully saturated rings. The fraction of sp³-hybridized carbons (Fsp3) is 0.765. The van der Waals surface area contributed by atoms with Crippen LogP contribution in [0.25, 0.3) is 0 Å². The summed E-state index contributed by atoms with van der Waals surface area (Å²) < 4.78 is 5.84. The van der Waals surface area contributed by atoms with Gasteiger partial charge in [-0.2, -0.15) is 0 Å². The maximum atomic E-state index is 12.3. The quantitative estimate of drug-likeness (QED) is 0.134. The zero-order valence-corrected chi connectivity index (χ0v) is 20.3. The van der Waals surface area contributed by atoms with Gasteiger partial charge in [0.05, 0.1) is 8.86 Å². The van der Waals surface area contributed by atoms with E-state index < -0.39 is 11.6 Å². The van der Waals surface area contributed by atoms with Crippen LogP contribution in [0.5, 0.6) is 0 Å². The van der Waals surface area contributed by atoms with Crippen molar-refractivity contribution in [2.24, 2.45) is 0 Å². The lowest BCUT2D eigenvalue weighted by Gasteiger charge is -2.20. The third-order valence-corrected chi connectivity index (χ3v) is 4.55. The molecule has 0 aliphatic heterocycles. The molecule has 0 aromatic rings. The van der Waals surface area contributed by atoms with E-state index in [0.29, 0.717) is 36.8 Å². The predicted molar refractivity (Wildman–Crippen MR) is 120 cm³/mol. The minimum absolute atomic E-state index is 0.0601. The van der Waals surface area contributed by atoms with Crippen LogP contribution in [0.3, 0.4) is 0 Å². The van der Waals surface area contributed by atoms with Crippen LogP contribution < -0.4 is 16.0 Å². The largest absolute Gasteiger partial charge is 0.460 e. The maximum Gasteiger partial charge on any atom is 0.306 e. The molecule has 0 heterocycles. The first kappa shape index (κ1) is 26.3. The molecule has 3 N–H and O–H groups in total. The average molecular weight is 609 g/mol. The van der Waals surface area contributed by atoms with Gasteiger partial charge in [0.2, 0.25) is 17.7 Å². The number of amides is 3. The molecule has 0 aliphatic rings. The average Bonchev–Trinajstić information content (AvgIpc) is 2.58. The summed E-state index contributed by atoms with van der Waals surface area (Å²) in [6.07, 6.45) is 1.66. The van der Waals surface area contributed by atoms with Crippen LogP contribution in [0.4, 0.5) is 0 Å². The number of alkyl halides is 2. The van der Waals surface area contributed by atoms with E-state index in [-0.39, 0.29) is 34.5 Å². The molecule has 3 amide bonds. The van der Waals surface area contributed by atoms with Crippen molar-refractivity contribution in [2.75, 3.05) is 21.9 Å². The van der Waals surface area contributed by atoms with Crippen molar-refractivity contribution in [3.05, 3.63) is 0 Å². The van der Waals surface area contributed by atoms with Gasteiger partial charge in [0.1, 0.15) is 11.6 Å². The smallest absolute Gasteiger partial charge is 0.306 e. The summed E-state index contributed by atoms with van der Waals surface area (Å²) in [5.41, 5.74) is -0.526. The number of carbonyl (C=O) groups excluding carboxylic acids is 4. The van der Waals surface area contributed by atoms with Crippen molar-refractivity contribution in [3.63, 3.8) is 0 Å². The van der Waals surface area contributed by atoms with Gasteiger partial charge >= 0.3 is 5.97 Å². The van der Waals surface area contributed by atoms with Gasteiger partial charge in [-0.05, 0) is 40.0 Å². The zero-order valence-electron chi connectivity index (χ0n) is 16.0. The van der Waals surface area contributed by atoms with Gasteiger partial charge in [-0.15, -0.1) is 0 Å². The highest BCUT2D eigenvalue weighted by Gasteiger charge is 2.20. The summed E-state index contributed by atoms with van der Waals surface area (Å²) in [6, 6.07) is -0.662. The van der Waals surface area contributed by atoms with Gasteiger partial charge in [0.15, 0.2) is 0 Å². The van der Waals surface area contributed by atoms with E-state index in [1.54, 1.807) is 20.8 Å². The molecule has 0 aromatic carbocycles. The molecule has 0 aliphatic carbocycles. The van der Waals surface area contributed by atoms with Crippen LogP contribution in [-0.2, 0) is 23.9 Å². The molecule has 156 valence electrons. The van der Waals surface area contributed by atoms with E-state index in [2.05, 4.69) is 16.0 Å². The molecule has 0 unspecified atom stereocenters. The fourth-order valence-electron chi connectivity index (χ4n) is 2.04. The Bertz CT molecular complexity index is 509. The predicted octanol–water partition coefficient (Wildman–Crippen LogP) is 1.48. The van der Waals surface area contributed by atoms with E-state index >= 15 is 0 Å². The number of hydrogen-bond donors (Lipinski definition) is 3. The van der Waals surface area contributed by atoms with Gasteiger partial charge in [0, 0.05) is 19.5 Å². The molecule has 0 bridgehead atoms. The molecular weight excluding hydrogens is 580 g/mol. The molecule has 1 atom stereocenters. The molecule has 10 heteroatoms. The molecule has 27 heavy (non-hydrogen) atoms. The summed E-state index contributed by atoms with van der Waals surface area (Å²) in [5, 5.41) is 8.16. The standard InChI is InChI=1S/C17H29I2N3O5/c1-17(2,3)27-15(25)7-5-9-21-16(26)12(22-14(24)11-19)6-4-8-20-13(23)10-18/h12H,4-11H2,1-3H3,(H,20,23)(H,21,26)(H,22,24)/t12-/m0/s1. The van der Waals surface area contributed by atoms with Crippen LogP contribution in [0.1, 0.15) is 46.5 Å². The van der Waals surface area contributed by atoms with E-state index in [1.807, 2.05) is 45.2 Å². The SMILES string of the molecule is CC(C)(C)OC(=O)CCCNC(=O)[C@H](CCCNC(=O)CI)NC(=O)CI. The first-order valence-electron chi connectivity index (χ1n) is 8.76. The summed E-state index contributed by atoms with van der Waals surface area (Å²) in [6.45, 7) is 6.17. The number of esters is 1. The second kappa shape index (κ2) is 14.4. The van der Waals surface area contributed by atoms with Crippen LogP contribution in [-0.4, -0.2) is 57.3 Å². The fourth-order valence-corrected chi connectivity index (χ4v) is 2.53. The normalized spacial score (nSPS) is 12.0. The Balaban J connectivity index is 4.31. The van der Waals surface area contributed by atoms with E-state index in [0.717, 1.165) is 0 Å². The highest BCUT2D eigenvalue weighted by molar-refractivity contribution is 14.1. The molecule has 0 radical (unpaired) electrons. The van der Waals surface area contributed by atoms with Crippen molar-refractivity contribution in [3.8, 4) is 0 Å². The topological polar surface area (TPSA) is 114 Å². The Labute approximate surface area is 188 Å². The minimum atomic E-state index is -0.662. The first-order valence-corrected chi connectivity index (χ1v) is 11.8. The third kappa shape index (κ3) is 15.0. The van der Waals surface area contributed by atoms with Gasteiger partial charge < -0.3 is 20.7 Å². The Kier molecular flexibility index (Phi) is 14.0. The van der Waals surface area contributed by atoms with E-state index in [1.165, 1.54) is 0 Å². The first-order chi connectivity index (χ1) is 12.6. The minimum Gasteiger partial charge on any atom is -0.460 e. The maximum absolute atomic E-state index is 12.3. The Morgan fingerprint density at radius 3 is 2.07 bits per heavy atom. The zero-order chi connectivity index (χ0) is 20.9. The molecule has 0 aromatic heterocycles. The highest BCUT2D eigenvalue weighted by atomic mass is 127. The summed E-state index contributed by atoms with van der Waals surface area (Å²) in [7, 11) is 0. The molecule has 0 saturated carbocycles. The number of ether oxygens (including phenoxy) is 1. The lowest BCUT2D eigenvalue weighted by atomic mass is 10.1. The number of halogens is 2. The van der Waals surface area contributed by atoms with Crippen molar-refractivity contribution >= 4 is 68.9 Å². The second-order valence-corrected chi connectivity index (χ2v) is 8.39. The summed E-state index contributed by atoms with van der Waals surface area (Å²) in [5.74, 6) is -0.883. The summed E-state index contributed by atoms with van der Waals surface area (Å²) >= 11 is 3.90. The van der Waals surface area contributed by atoms with Crippen molar-refractivity contribution in [1.82, 2.24) is 16.0 Å². The third-order valence-electron chi connectivity index (χ3n) is 3.16. The molecule has 0 saturated heterocycles. The van der Waals surface area contributed by atoms with Crippen molar-refractivity contribution < 1.29 is 23.9 Å². The molecule has 0 spiro atoms. The monoisotopic (exact) mass is 609 g/mol. The molecule has 0 rings (SSSR count). The lowest BCUT2D eigenvalue weighted by molar-refractivity contribution is -0.155. The molecular formula is C17H29I2N3O5. The number of hydrogen-bond acceptors (Lipinski definition) is 5. The second-order valence-electron chi connectivity index (χ2n) is 6.86. The van der Waals surface area contributed by atoms with Gasteiger partial charge in [0.25, 0.3) is 0 Å². The van der Waals surface area contributed by atoms with Gasteiger partial charge in [-0.25, -0.2) is 0 Å². The highest BCUT2D eigenvalue weighted by Crippen LogP contribution is 2.08. The number of carbonyl (C=O) groups is 4. The number of rotatable bonds is 12. The van der Waals surface area contributed by atoms with Gasteiger partial charge in [-0.1, -0.05) is 45.2 Å². The van der Waals surface area contributed by atoms with Crippen LogP contribution in [0.15, 0.2) is 0 Å². The van der Waals surface area contributed by atoms with Crippen molar-refractivity contribution in [2.45, 2.75) is 58.1 Å². The van der Waals surface area contributed by atoms with Crippen LogP contribution >= 0.6 is 45.2 Å². The van der Waals surface area contributed by atoms with Crippen molar-refractivity contribution in [1.29, 1.82) is 0 Å².